The van der Waals surface area contributed by atoms with Crippen molar-refractivity contribution in [1.29, 1.82) is 0 Å². The van der Waals surface area contributed by atoms with Crippen LogP contribution < -0.4 is 10.6 Å². The van der Waals surface area contributed by atoms with Gasteiger partial charge in [0.2, 0.25) is 0 Å². The van der Waals surface area contributed by atoms with E-state index in [0.717, 1.165) is 5.69 Å². The standard InChI is InChI=1S/C9H14N4O2/c1-6-4-5-13(12-6)7(2)8(14)11-9(15)10-3/h4-5,7H,1-3H3,(H2,10,11,14,15). The van der Waals surface area contributed by atoms with Gasteiger partial charge in [-0.3, -0.25) is 14.8 Å². The number of carbonyl (C=O) groups is 2. The van der Waals surface area contributed by atoms with Crippen molar-refractivity contribution in [2.45, 2.75) is 19.9 Å². The third kappa shape index (κ3) is 2.80. The highest BCUT2D eigenvalue weighted by Crippen LogP contribution is 2.04. The van der Waals surface area contributed by atoms with Gasteiger partial charge in [-0.1, -0.05) is 0 Å². The summed E-state index contributed by atoms with van der Waals surface area (Å²) in [6.07, 6.45) is 1.70. The van der Waals surface area contributed by atoms with Crippen LogP contribution in [0.15, 0.2) is 12.3 Å². The topological polar surface area (TPSA) is 76.0 Å². The van der Waals surface area contributed by atoms with E-state index in [9.17, 15) is 9.59 Å². The van der Waals surface area contributed by atoms with Crippen LogP contribution >= 0.6 is 0 Å². The molecule has 1 atom stereocenters. The van der Waals surface area contributed by atoms with E-state index in [-0.39, 0.29) is 0 Å². The number of aryl methyl sites for hydroxylation is 1. The molecule has 3 amide bonds. The molecule has 6 heteroatoms. The smallest absolute Gasteiger partial charge is 0.321 e. The summed E-state index contributed by atoms with van der Waals surface area (Å²) in [4.78, 5) is 22.4. The number of hydrogen-bond donors (Lipinski definition) is 2. The van der Waals surface area contributed by atoms with Gasteiger partial charge in [0, 0.05) is 13.2 Å². The lowest BCUT2D eigenvalue weighted by Gasteiger charge is -2.11. The summed E-state index contributed by atoms with van der Waals surface area (Å²) in [5.74, 6) is -0.391. The lowest BCUT2D eigenvalue weighted by molar-refractivity contribution is -0.123. The van der Waals surface area contributed by atoms with E-state index in [1.54, 1.807) is 19.2 Å². The Bertz CT molecular complexity index is 372. The molecular formula is C9H14N4O2. The number of nitrogens with zero attached hydrogens (tertiary/aromatic N) is 2. The minimum atomic E-state index is -0.518. The number of hydrogen-bond acceptors (Lipinski definition) is 3. The van der Waals surface area contributed by atoms with E-state index in [1.807, 2.05) is 6.92 Å². The molecule has 0 saturated carbocycles. The quantitative estimate of drug-likeness (QED) is 0.732. The van der Waals surface area contributed by atoms with Crippen molar-refractivity contribution in [2.75, 3.05) is 7.05 Å². The SMILES string of the molecule is CNC(=O)NC(=O)C(C)n1ccc(C)n1. The van der Waals surface area contributed by atoms with Gasteiger partial charge in [-0.2, -0.15) is 5.10 Å². The van der Waals surface area contributed by atoms with E-state index < -0.39 is 18.0 Å². The van der Waals surface area contributed by atoms with E-state index >= 15 is 0 Å². The fourth-order valence-corrected chi connectivity index (χ4v) is 1.05. The number of urea groups is 1. The highest BCUT2D eigenvalue weighted by atomic mass is 16.2. The zero-order valence-corrected chi connectivity index (χ0v) is 8.94. The lowest BCUT2D eigenvalue weighted by atomic mass is 10.3. The Kier molecular flexibility index (Phi) is 3.43. The van der Waals surface area contributed by atoms with Crippen molar-refractivity contribution in [2.24, 2.45) is 0 Å². The molecule has 0 aliphatic heterocycles. The first-order valence-corrected chi connectivity index (χ1v) is 4.59. The van der Waals surface area contributed by atoms with Crippen molar-refractivity contribution < 1.29 is 9.59 Å². The monoisotopic (exact) mass is 210 g/mol. The molecule has 1 unspecified atom stereocenters. The first-order chi connectivity index (χ1) is 7.04. The number of aromatic nitrogens is 2. The minimum Gasteiger partial charge on any atom is -0.341 e. The normalized spacial score (nSPS) is 11.9. The molecule has 0 aromatic carbocycles. The molecule has 1 aromatic rings. The van der Waals surface area contributed by atoms with Crippen LogP contribution in [-0.4, -0.2) is 28.8 Å². The number of imide groups is 1. The predicted octanol–water partition coefficient (Wildman–Crippen LogP) is 0.208. The summed E-state index contributed by atoms with van der Waals surface area (Å²) < 4.78 is 1.51. The van der Waals surface area contributed by atoms with Crippen molar-refractivity contribution >= 4 is 11.9 Å². The summed E-state index contributed by atoms with van der Waals surface area (Å²) in [7, 11) is 1.45. The van der Waals surface area contributed by atoms with Crippen LogP contribution in [0.5, 0.6) is 0 Å². The van der Waals surface area contributed by atoms with Gasteiger partial charge in [0.25, 0.3) is 5.91 Å². The van der Waals surface area contributed by atoms with Crippen LogP contribution in [-0.2, 0) is 4.79 Å². The largest absolute Gasteiger partial charge is 0.341 e. The maximum atomic E-state index is 11.5. The second-order valence-corrected chi connectivity index (χ2v) is 3.18. The first-order valence-electron chi connectivity index (χ1n) is 4.59. The van der Waals surface area contributed by atoms with Gasteiger partial charge >= 0.3 is 6.03 Å². The molecule has 1 rings (SSSR count). The highest BCUT2D eigenvalue weighted by molar-refractivity contribution is 5.95. The number of amides is 3. The van der Waals surface area contributed by atoms with Crippen LogP contribution in [0.25, 0.3) is 0 Å². The molecule has 1 aromatic heterocycles. The molecule has 0 bridgehead atoms. The van der Waals surface area contributed by atoms with E-state index in [4.69, 9.17) is 0 Å². The zero-order chi connectivity index (χ0) is 11.4. The molecule has 0 spiro atoms. The van der Waals surface area contributed by atoms with Crippen molar-refractivity contribution in [3.05, 3.63) is 18.0 Å². The summed E-state index contributed by atoms with van der Waals surface area (Å²) in [5.41, 5.74) is 0.828. The maximum Gasteiger partial charge on any atom is 0.321 e. The lowest BCUT2D eigenvalue weighted by Crippen LogP contribution is -2.40. The number of rotatable bonds is 2. The molecule has 0 saturated heterocycles. The minimum absolute atomic E-state index is 0.391. The van der Waals surface area contributed by atoms with Crippen molar-refractivity contribution in [1.82, 2.24) is 20.4 Å². The maximum absolute atomic E-state index is 11.5. The molecule has 0 radical (unpaired) electrons. The molecule has 15 heavy (non-hydrogen) atoms. The Morgan fingerprint density at radius 1 is 1.53 bits per heavy atom. The van der Waals surface area contributed by atoms with Crippen LogP contribution in [0.1, 0.15) is 18.7 Å². The molecule has 82 valence electrons. The summed E-state index contributed by atoms with van der Waals surface area (Å²) in [5, 5.41) is 8.58. The Balaban J connectivity index is 2.64. The van der Waals surface area contributed by atoms with Gasteiger partial charge in [-0.05, 0) is 19.9 Å². The summed E-state index contributed by atoms with van der Waals surface area (Å²) >= 11 is 0. The van der Waals surface area contributed by atoms with Gasteiger partial charge in [0.15, 0.2) is 0 Å². The molecule has 0 fully saturated rings. The average Bonchev–Trinajstić information content (AvgIpc) is 2.63. The van der Waals surface area contributed by atoms with Crippen molar-refractivity contribution in [3.63, 3.8) is 0 Å². The Hall–Kier alpha value is -1.85. The van der Waals surface area contributed by atoms with Gasteiger partial charge in [0.05, 0.1) is 5.69 Å². The second-order valence-electron chi connectivity index (χ2n) is 3.18. The Labute approximate surface area is 87.7 Å². The Morgan fingerprint density at radius 2 is 2.20 bits per heavy atom. The third-order valence-corrected chi connectivity index (χ3v) is 1.98. The molecular weight excluding hydrogens is 196 g/mol. The number of carbonyl (C=O) groups excluding carboxylic acids is 2. The number of nitrogens with one attached hydrogen (secondary N) is 2. The van der Waals surface area contributed by atoms with Gasteiger partial charge in [0.1, 0.15) is 6.04 Å². The fourth-order valence-electron chi connectivity index (χ4n) is 1.05. The molecule has 2 N–H and O–H groups in total. The third-order valence-electron chi connectivity index (χ3n) is 1.98. The van der Waals surface area contributed by atoms with Crippen LogP contribution in [0.2, 0.25) is 0 Å². The van der Waals surface area contributed by atoms with Crippen LogP contribution in [0.3, 0.4) is 0 Å². The van der Waals surface area contributed by atoms with Gasteiger partial charge in [-0.15, -0.1) is 0 Å². The fraction of sp³-hybridized carbons (Fsp3) is 0.444. The van der Waals surface area contributed by atoms with Gasteiger partial charge in [-0.25, -0.2) is 4.79 Å². The molecule has 6 nitrogen and oxygen atoms in total. The second kappa shape index (κ2) is 4.59. The summed E-state index contributed by atoms with van der Waals surface area (Å²) in [6, 6.07) is 0.774. The Morgan fingerprint density at radius 3 is 2.67 bits per heavy atom. The summed E-state index contributed by atoms with van der Waals surface area (Å²) in [6.45, 7) is 3.50. The van der Waals surface area contributed by atoms with E-state index in [2.05, 4.69) is 15.7 Å². The van der Waals surface area contributed by atoms with Crippen molar-refractivity contribution in [3.8, 4) is 0 Å². The van der Waals surface area contributed by atoms with E-state index in [1.165, 1.54) is 11.7 Å². The average molecular weight is 210 g/mol. The zero-order valence-electron chi connectivity index (χ0n) is 8.94. The van der Waals surface area contributed by atoms with Crippen LogP contribution in [0, 0.1) is 6.92 Å². The van der Waals surface area contributed by atoms with E-state index in [0.29, 0.717) is 0 Å². The molecule has 0 aliphatic carbocycles. The molecule has 0 aliphatic rings. The first kappa shape index (κ1) is 11.2. The van der Waals surface area contributed by atoms with Gasteiger partial charge < -0.3 is 5.32 Å². The predicted molar refractivity (Wildman–Crippen MR) is 54.3 cm³/mol. The van der Waals surface area contributed by atoms with Crippen LogP contribution in [0.4, 0.5) is 4.79 Å². The highest BCUT2D eigenvalue weighted by Gasteiger charge is 2.17. The molecule has 1 heterocycles.